The topological polar surface area (TPSA) is 83.6 Å². The minimum atomic E-state index is -1.02. The van der Waals surface area contributed by atoms with E-state index in [0.717, 1.165) is 6.42 Å². The lowest BCUT2D eigenvalue weighted by Crippen LogP contribution is -2.12. The summed E-state index contributed by atoms with van der Waals surface area (Å²) >= 11 is 0. The summed E-state index contributed by atoms with van der Waals surface area (Å²) in [5.41, 5.74) is 7.06. The highest BCUT2D eigenvalue weighted by molar-refractivity contribution is 5.88. The van der Waals surface area contributed by atoms with Gasteiger partial charge in [-0.2, -0.15) is 0 Å². The maximum Gasteiger partial charge on any atom is 0.335 e. The third-order valence-electron chi connectivity index (χ3n) is 2.66. The Kier molecular flexibility index (Phi) is 4.29. The predicted molar refractivity (Wildman–Crippen MR) is 66.2 cm³/mol. The summed E-state index contributed by atoms with van der Waals surface area (Å²) in [6, 6.07) is 2.48. The molecule has 4 nitrogen and oxygen atoms in total. The Bertz CT molecular complexity index is 441. The van der Waals surface area contributed by atoms with Crippen molar-refractivity contribution in [2.75, 3.05) is 0 Å². The van der Waals surface area contributed by atoms with Crippen molar-refractivity contribution < 1.29 is 15.0 Å². The summed E-state index contributed by atoms with van der Waals surface area (Å²) < 4.78 is 0. The number of hydrogen-bond acceptors (Lipinski definition) is 3. The molecule has 0 aliphatic rings. The fraction of sp³-hybridized carbons (Fsp3) is 0.308. The van der Waals surface area contributed by atoms with Gasteiger partial charge in [0.1, 0.15) is 5.75 Å². The molecule has 1 rings (SSSR count). The van der Waals surface area contributed by atoms with Crippen LogP contribution in [0.25, 0.3) is 0 Å². The zero-order valence-corrected chi connectivity index (χ0v) is 9.81. The Morgan fingerprint density at radius 1 is 1.59 bits per heavy atom. The molecular weight excluding hydrogens is 218 g/mol. The lowest BCUT2D eigenvalue weighted by atomic mass is 9.97. The Hall–Kier alpha value is -1.81. The molecule has 0 unspecified atom stereocenters. The number of phenols is 1. The van der Waals surface area contributed by atoms with Gasteiger partial charge in [-0.15, -0.1) is 6.58 Å². The molecule has 4 heteroatoms. The smallest absolute Gasteiger partial charge is 0.335 e. The van der Waals surface area contributed by atoms with E-state index in [1.165, 1.54) is 12.1 Å². The fourth-order valence-electron chi connectivity index (χ4n) is 1.67. The van der Waals surface area contributed by atoms with Crippen molar-refractivity contribution in [3.05, 3.63) is 41.5 Å². The number of aromatic carboxylic acids is 1. The van der Waals surface area contributed by atoms with Gasteiger partial charge < -0.3 is 15.9 Å². The zero-order chi connectivity index (χ0) is 13.0. The molecule has 0 saturated carbocycles. The fourth-order valence-corrected chi connectivity index (χ4v) is 1.67. The van der Waals surface area contributed by atoms with Crippen LogP contribution in [0.4, 0.5) is 0 Å². The average molecular weight is 235 g/mol. The minimum Gasteiger partial charge on any atom is -0.507 e. The normalized spacial score (nSPS) is 12.1. The van der Waals surface area contributed by atoms with E-state index < -0.39 is 5.97 Å². The number of aryl methyl sites for hydroxylation is 1. The van der Waals surface area contributed by atoms with Gasteiger partial charge >= 0.3 is 5.97 Å². The molecule has 0 aliphatic carbocycles. The molecule has 0 aliphatic heterocycles. The number of carboxylic acids is 1. The van der Waals surface area contributed by atoms with Gasteiger partial charge in [-0.25, -0.2) is 4.79 Å². The first-order chi connectivity index (χ1) is 7.97. The molecule has 0 radical (unpaired) electrons. The largest absolute Gasteiger partial charge is 0.507 e. The van der Waals surface area contributed by atoms with Crippen molar-refractivity contribution in [3.63, 3.8) is 0 Å². The molecule has 0 bridgehead atoms. The van der Waals surface area contributed by atoms with E-state index in [-0.39, 0.29) is 17.4 Å². The van der Waals surface area contributed by atoms with Crippen molar-refractivity contribution in [1.29, 1.82) is 0 Å². The Balaban J connectivity index is 3.12. The number of carbonyl (C=O) groups is 1. The molecule has 0 amide bonds. The number of aromatic hydroxyl groups is 1. The summed E-state index contributed by atoms with van der Waals surface area (Å²) in [6.45, 7) is 5.26. The third kappa shape index (κ3) is 3.07. The number of nitrogens with two attached hydrogens (primary N) is 1. The summed E-state index contributed by atoms with van der Waals surface area (Å²) in [4.78, 5) is 10.9. The molecule has 0 fully saturated rings. The van der Waals surface area contributed by atoms with Crippen molar-refractivity contribution in [1.82, 2.24) is 0 Å². The van der Waals surface area contributed by atoms with Crippen LogP contribution in [0.5, 0.6) is 5.75 Å². The standard InChI is InChI=1S/C13H17NO3/c1-3-4-5-11(14)10-7-9(13(16)17)6-8(2)12(10)15/h3,6-7,11,15H,1,4-5,14H2,2H3,(H,16,17)/t11-/m1/s1. The van der Waals surface area contributed by atoms with Crippen LogP contribution in [-0.4, -0.2) is 16.2 Å². The first-order valence-corrected chi connectivity index (χ1v) is 5.40. The lowest BCUT2D eigenvalue weighted by Gasteiger charge is -2.15. The van der Waals surface area contributed by atoms with Gasteiger partial charge in [0.2, 0.25) is 0 Å². The van der Waals surface area contributed by atoms with Gasteiger partial charge in [0.05, 0.1) is 5.56 Å². The second-order valence-corrected chi connectivity index (χ2v) is 4.01. The van der Waals surface area contributed by atoms with Crippen molar-refractivity contribution >= 4 is 5.97 Å². The van der Waals surface area contributed by atoms with E-state index in [0.29, 0.717) is 17.5 Å². The molecule has 0 aromatic heterocycles. The number of hydrogen-bond donors (Lipinski definition) is 3. The molecule has 92 valence electrons. The number of benzene rings is 1. The third-order valence-corrected chi connectivity index (χ3v) is 2.66. The van der Waals surface area contributed by atoms with Crippen LogP contribution in [0.1, 0.15) is 40.4 Å². The molecule has 4 N–H and O–H groups in total. The number of allylic oxidation sites excluding steroid dienone is 1. The molecule has 0 saturated heterocycles. The van der Waals surface area contributed by atoms with Crippen LogP contribution < -0.4 is 5.73 Å². The SMILES string of the molecule is C=CCC[C@@H](N)c1cc(C(=O)O)cc(C)c1O. The van der Waals surface area contributed by atoms with Gasteiger partial charge in [0.25, 0.3) is 0 Å². The van der Waals surface area contributed by atoms with E-state index in [1.807, 2.05) is 0 Å². The second kappa shape index (κ2) is 5.50. The van der Waals surface area contributed by atoms with Gasteiger partial charge in [0.15, 0.2) is 0 Å². The Morgan fingerprint density at radius 3 is 2.76 bits per heavy atom. The predicted octanol–water partition coefficient (Wildman–Crippen LogP) is 2.36. The molecule has 17 heavy (non-hydrogen) atoms. The maximum absolute atomic E-state index is 10.9. The molecule has 0 spiro atoms. The lowest BCUT2D eigenvalue weighted by molar-refractivity contribution is 0.0696. The highest BCUT2D eigenvalue weighted by Crippen LogP contribution is 2.30. The van der Waals surface area contributed by atoms with E-state index in [4.69, 9.17) is 10.8 Å². The van der Waals surface area contributed by atoms with Crippen LogP contribution in [0, 0.1) is 6.92 Å². The van der Waals surface area contributed by atoms with E-state index >= 15 is 0 Å². The van der Waals surface area contributed by atoms with E-state index in [1.54, 1.807) is 13.0 Å². The molecule has 0 heterocycles. The summed E-state index contributed by atoms with van der Waals surface area (Å²) in [7, 11) is 0. The summed E-state index contributed by atoms with van der Waals surface area (Å²) in [5, 5.41) is 18.8. The average Bonchev–Trinajstić information content (AvgIpc) is 2.29. The number of carboxylic acid groups (broad SMARTS) is 1. The van der Waals surface area contributed by atoms with E-state index in [9.17, 15) is 9.90 Å². The molecule has 1 atom stereocenters. The van der Waals surface area contributed by atoms with Crippen LogP contribution in [0.2, 0.25) is 0 Å². The first kappa shape index (κ1) is 13.3. The molecular formula is C13H17NO3. The van der Waals surface area contributed by atoms with E-state index in [2.05, 4.69) is 6.58 Å². The van der Waals surface area contributed by atoms with Crippen LogP contribution in [0.15, 0.2) is 24.8 Å². The molecule has 1 aromatic rings. The zero-order valence-electron chi connectivity index (χ0n) is 9.81. The minimum absolute atomic E-state index is 0.0755. The highest BCUT2D eigenvalue weighted by Gasteiger charge is 2.16. The first-order valence-electron chi connectivity index (χ1n) is 5.40. The highest BCUT2D eigenvalue weighted by atomic mass is 16.4. The van der Waals surface area contributed by atoms with Crippen LogP contribution in [0.3, 0.4) is 0 Å². The van der Waals surface area contributed by atoms with Gasteiger partial charge in [-0.05, 0) is 37.5 Å². The quantitative estimate of drug-likeness (QED) is 0.684. The monoisotopic (exact) mass is 235 g/mol. The molecule has 1 aromatic carbocycles. The number of phenolic OH excluding ortho intramolecular Hbond substituents is 1. The van der Waals surface area contributed by atoms with Gasteiger partial charge in [-0.3, -0.25) is 0 Å². The summed E-state index contributed by atoms with van der Waals surface area (Å²) in [6.07, 6.45) is 3.08. The van der Waals surface area contributed by atoms with Crippen LogP contribution >= 0.6 is 0 Å². The van der Waals surface area contributed by atoms with Crippen molar-refractivity contribution in [2.45, 2.75) is 25.8 Å². The van der Waals surface area contributed by atoms with Gasteiger partial charge in [-0.1, -0.05) is 6.08 Å². The van der Waals surface area contributed by atoms with Crippen molar-refractivity contribution in [3.8, 4) is 5.75 Å². The second-order valence-electron chi connectivity index (χ2n) is 4.01. The van der Waals surface area contributed by atoms with Gasteiger partial charge in [0, 0.05) is 11.6 Å². The Morgan fingerprint density at radius 2 is 2.24 bits per heavy atom. The maximum atomic E-state index is 10.9. The van der Waals surface area contributed by atoms with Crippen LogP contribution in [-0.2, 0) is 0 Å². The summed E-state index contributed by atoms with van der Waals surface area (Å²) in [5.74, 6) is -0.947. The van der Waals surface area contributed by atoms with Crippen molar-refractivity contribution in [2.24, 2.45) is 5.73 Å². The Labute approximate surface area is 100 Å². The number of rotatable bonds is 5.